The first kappa shape index (κ1) is 14.3. The number of halogens is 1. The molecule has 3 rings (SSSR count). The highest BCUT2D eigenvalue weighted by atomic mass is 35.5. The van der Waals surface area contributed by atoms with Gasteiger partial charge in [0.2, 0.25) is 0 Å². The van der Waals surface area contributed by atoms with Crippen LogP contribution < -0.4 is 5.73 Å². The van der Waals surface area contributed by atoms with E-state index < -0.39 is 10.8 Å². The molecule has 2 heterocycles. The Balaban J connectivity index is 1.83. The van der Waals surface area contributed by atoms with Crippen molar-refractivity contribution in [3.63, 3.8) is 0 Å². The molecule has 2 fully saturated rings. The smallest absolute Gasteiger partial charge is 0.0948 e. The first-order valence-corrected chi connectivity index (χ1v) is 8.37. The summed E-state index contributed by atoms with van der Waals surface area (Å²) in [7, 11) is -1.21. The van der Waals surface area contributed by atoms with E-state index in [0.29, 0.717) is 35.4 Å². The van der Waals surface area contributed by atoms with E-state index in [9.17, 15) is 4.21 Å². The van der Waals surface area contributed by atoms with Crippen LogP contribution in [0.15, 0.2) is 23.1 Å². The summed E-state index contributed by atoms with van der Waals surface area (Å²) in [6.07, 6.45) is 2.38. The van der Waals surface area contributed by atoms with Gasteiger partial charge < -0.3 is 15.2 Å². The maximum Gasteiger partial charge on any atom is 0.0948 e. The highest BCUT2D eigenvalue weighted by Gasteiger charge is 2.43. The van der Waals surface area contributed by atoms with Crippen molar-refractivity contribution in [1.29, 1.82) is 0 Å². The lowest BCUT2D eigenvalue weighted by Crippen LogP contribution is -2.43. The first-order chi connectivity index (χ1) is 9.61. The summed E-state index contributed by atoms with van der Waals surface area (Å²) in [5.74, 6) is 0. The Bertz CT molecular complexity index is 511. The minimum atomic E-state index is -1.21. The van der Waals surface area contributed by atoms with Gasteiger partial charge in [-0.1, -0.05) is 17.7 Å². The van der Waals surface area contributed by atoms with Crippen LogP contribution in [0.3, 0.4) is 0 Å². The SMILES string of the molecule is Nc1cccc(Cl)c1S(=O)C1CCOC2(CCOC2)C1. The summed E-state index contributed by atoms with van der Waals surface area (Å²) >= 11 is 6.17. The monoisotopic (exact) mass is 315 g/mol. The first-order valence-electron chi connectivity index (χ1n) is 6.78. The van der Waals surface area contributed by atoms with Crippen LogP contribution in [0.1, 0.15) is 19.3 Å². The van der Waals surface area contributed by atoms with E-state index in [4.69, 9.17) is 26.8 Å². The van der Waals surface area contributed by atoms with E-state index >= 15 is 0 Å². The molecule has 1 aromatic carbocycles. The molecule has 110 valence electrons. The normalized spacial score (nSPS) is 31.6. The maximum atomic E-state index is 12.8. The van der Waals surface area contributed by atoms with Crippen molar-refractivity contribution in [3.05, 3.63) is 23.2 Å². The van der Waals surface area contributed by atoms with Crippen molar-refractivity contribution in [3.8, 4) is 0 Å². The lowest BCUT2D eigenvalue weighted by Gasteiger charge is -2.36. The zero-order valence-corrected chi connectivity index (χ0v) is 12.7. The van der Waals surface area contributed by atoms with Crippen LogP contribution in [0.25, 0.3) is 0 Å². The highest BCUT2D eigenvalue weighted by Crippen LogP contribution is 2.38. The van der Waals surface area contributed by atoms with Gasteiger partial charge in [0.1, 0.15) is 0 Å². The van der Waals surface area contributed by atoms with Gasteiger partial charge in [-0.05, 0) is 25.0 Å². The molecule has 0 radical (unpaired) electrons. The van der Waals surface area contributed by atoms with Crippen molar-refractivity contribution in [2.75, 3.05) is 25.6 Å². The van der Waals surface area contributed by atoms with Crippen LogP contribution in [-0.4, -0.2) is 34.9 Å². The molecule has 2 aliphatic rings. The van der Waals surface area contributed by atoms with Gasteiger partial charge >= 0.3 is 0 Å². The van der Waals surface area contributed by atoms with Gasteiger partial charge in [-0.25, -0.2) is 0 Å². The summed E-state index contributed by atoms with van der Waals surface area (Å²) in [6, 6.07) is 5.25. The van der Waals surface area contributed by atoms with Gasteiger partial charge in [-0.2, -0.15) is 0 Å². The van der Waals surface area contributed by atoms with Crippen LogP contribution in [0.2, 0.25) is 5.02 Å². The summed E-state index contributed by atoms with van der Waals surface area (Å²) < 4.78 is 24.2. The van der Waals surface area contributed by atoms with E-state index in [2.05, 4.69) is 0 Å². The number of anilines is 1. The number of benzene rings is 1. The fourth-order valence-corrected chi connectivity index (χ4v) is 5.00. The molecule has 0 bridgehead atoms. The molecule has 1 aromatic rings. The van der Waals surface area contributed by atoms with Crippen molar-refractivity contribution in [2.45, 2.75) is 35.0 Å². The molecule has 6 heteroatoms. The van der Waals surface area contributed by atoms with Crippen LogP contribution >= 0.6 is 11.6 Å². The quantitative estimate of drug-likeness (QED) is 0.851. The minimum Gasteiger partial charge on any atom is -0.398 e. The molecule has 1 spiro atoms. The van der Waals surface area contributed by atoms with E-state index in [1.807, 2.05) is 0 Å². The Morgan fingerprint density at radius 3 is 2.95 bits per heavy atom. The number of hydrogen-bond donors (Lipinski definition) is 1. The fourth-order valence-electron chi connectivity index (χ4n) is 2.93. The second kappa shape index (κ2) is 5.64. The number of rotatable bonds is 2. The molecule has 3 unspecified atom stereocenters. The second-order valence-electron chi connectivity index (χ2n) is 5.40. The minimum absolute atomic E-state index is 0.0210. The molecule has 0 saturated carbocycles. The molecular formula is C14H18ClNO3S. The van der Waals surface area contributed by atoms with Crippen LogP contribution in [0, 0.1) is 0 Å². The van der Waals surface area contributed by atoms with Gasteiger partial charge in [-0.15, -0.1) is 0 Å². The van der Waals surface area contributed by atoms with Gasteiger partial charge in [0.25, 0.3) is 0 Å². The van der Waals surface area contributed by atoms with Crippen LogP contribution in [-0.2, 0) is 20.3 Å². The third-order valence-electron chi connectivity index (χ3n) is 4.02. The molecule has 0 aliphatic carbocycles. The molecule has 2 aliphatic heterocycles. The number of nitrogens with two attached hydrogens (primary N) is 1. The standard InChI is InChI=1S/C14H18ClNO3S/c15-11-2-1-3-12(16)13(11)20(17)10-4-6-19-14(8-10)5-7-18-9-14/h1-3,10H,4-9,16H2. The molecule has 0 amide bonds. The van der Waals surface area contributed by atoms with Crippen LogP contribution in [0.4, 0.5) is 5.69 Å². The molecule has 2 N–H and O–H groups in total. The Kier molecular flexibility index (Phi) is 4.04. The largest absolute Gasteiger partial charge is 0.398 e. The lowest BCUT2D eigenvalue weighted by molar-refractivity contribution is -0.0774. The molecular weight excluding hydrogens is 298 g/mol. The molecule has 2 saturated heterocycles. The van der Waals surface area contributed by atoms with Gasteiger partial charge in [0, 0.05) is 30.6 Å². The van der Waals surface area contributed by atoms with Crippen LogP contribution in [0.5, 0.6) is 0 Å². The van der Waals surface area contributed by atoms with Crippen molar-refractivity contribution in [2.24, 2.45) is 0 Å². The van der Waals surface area contributed by atoms with E-state index in [1.54, 1.807) is 18.2 Å². The van der Waals surface area contributed by atoms with Crippen molar-refractivity contribution < 1.29 is 13.7 Å². The predicted octanol–water partition coefficient (Wildman–Crippen LogP) is 2.37. The van der Waals surface area contributed by atoms with Gasteiger partial charge in [0.05, 0.1) is 32.9 Å². The fraction of sp³-hybridized carbons (Fsp3) is 0.571. The molecule has 0 aromatic heterocycles. The zero-order valence-electron chi connectivity index (χ0n) is 11.1. The van der Waals surface area contributed by atoms with Gasteiger partial charge in [-0.3, -0.25) is 4.21 Å². The third-order valence-corrected chi connectivity index (χ3v) is 6.31. The second-order valence-corrected chi connectivity index (χ2v) is 7.48. The Labute approximate surface area is 126 Å². The Hall–Kier alpha value is -0.620. The highest BCUT2D eigenvalue weighted by molar-refractivity contribution is 7.86. The lowest BCUT2D eigenvalue weighted by atomic mass is 9.93. The summed E-state index contributed by atoms with van der Waals surface area (Å²) in [5.41, 5.74) is 6.18. The summed E-state index contributed by atoms with van der Waals surface area (Å²) in [6.45, 7) is 1.93. The van der Waals surface area contributed by atoms with E-state index in [1.165, 1.54) is 0 Å². The average molecular weight is 316 g/mol. The Morgan fingerprint density at radius 2 is 2.25 bits per heavy atom. The topological polar surface area (TPSA) is 61.6 Å². The van der Waals surface area contributed by atoms with Crippen molar-refractivity contribution in [1.82, 2.24) is 0 Å². The van der Waals surface area contributed by atoms with Gasteiger partial charge in [0.15, 0.2) is 0 Å². The van der Waals surface area contributed by atoms with E-state index in [0.717, 1.165) is 19.3 Å². The van der Waals surface area contributed by atoms with Crippen molar-refractivity contribution >= 4 is 28.1 Å². The maximum absolute atomic E-state index is 12.8. The number of hydrogen-bond acceptors (Lipinski definition) is 4. The Morgan fingerprint density at radius 1 is 1.40 bits per heavy atom. The third kappa shape index (κ3) is 2.60. The zero-order chi connectivity index (χ0) is 14.2. The average Bonchev–Trinajstić information content (AvgIpc) is 2.86. The summed E-state index contributed by atoms with van der Waals surface area (Å²) in [4.78, 5) is 0.565. The summed E-state index contributed by atoms with van der Waals surface area (Å²) in [5, 5.41) is 0.499. The molecule has 3 atom stereocenters. The number of ether oxygens (including phenoxy) is 2. The number of nitrogen functional groups attached to an aromatic ring is 1. The molecule has 20 heavy (non-hydrogen) atoms. The predicted molar refractivity (Wildman–Crippen MR) is 79.4 cm³/mol. The van der Waals surface area contributed by atoms with E-state index in [-0.39, 0.29) is 10.9 Å². The molecule has 4 nitrogen and oxygen atoms in total.